The third-order valence-electron chi connectivity index (χ3n) is 3.58. The van der Waals surface area contributed by atoms with Crippen molar-refractivity contribution in [3.05, 3.63) is 40.0 Å². The average Bonchev–Trinajstić information content (AvgIpc) is 3.06. The van der Waals surface area contributed by atoms with Crippen LogP contribution in [0.15, 0.2) is 34.4 Å². The van der Waals surface area contributed by atoms with Crippen LogP contribution in [0, 0.1) is 0 Å². The van der Waals surface area contributed by atoms with Crippen LogP contribution in [0.2, 0.25) is 0 Å². The second kappa shape index (κ2) is 6.25. The van der Waals surface area contributed by atoms with E-state index in [4.69, 9.17) is 17.0 Å². The van der Waals surface area contributed by atoms with Gasteiger partial charge in [-0.15, -0.1) is 0 Å². The van der Waals surface area contributed by atoms with Gasteiger partial charge < -0.3 is 10.1 Å². The standard InChI is InChI=1S/C15H15BrN2O2S/c16-12-6-2-1-4-10(12)8-13-14(19)18(15(21)17-13)9-11-5-3-7-20-11/h1-2,4,6,8,11H,3,5,7,9H2,(H,17,21)/b13-8+. The first-order valence-corrected chi connectivity index (χ1v) is 8.06. The number of amides is 1. The van der Waals surface area contributed by atoms with E-state index >= 15 is 0 Å². The summed E-state index contributed by atoms with van der Waals surface area (Å²) in [5.74, 6) is -0.0914. The highest BCUT2D eigenvalue weighted by Gasteiger charge is 2.33. The van der Waals surface area contributed by atoms with Crippen molar-refractivity contribution in [3.63, 3.8) is 0 Å². The fourth-order valence-corrected chi connectivity index (χ4v) is 3.14. The van der Waals surface area contributed by atoms with Crippen LogP contribution in [-0.4, -0.2) is 35.2 Å². The van der Waals surface area contributed by atoms with E-state index in [1.807, 2.05) is 30.3 Å². The van der Waals surface area contributed by atoms with Crippen LogP contribution >= 0.6 is 28.1 Å². The zero-order valence-corrected chi connectivity index (χ0v) is 13.7. The Morgan fingerprint density at radius 2 is 2.29 bits per heavy atom. The van der Waals surface area contributed by atoms with Crippen molar-refractivity contribution < 1.29 is 9.53 Å². The van der Waals surface area contributed by atoms with Gasteiger partial charge in [0.1, 0.15) is 5.70 Å². The quantitative estimate of drug-likeness (QED) is 0.659. The van der Waals surface area contributed by atoms with Gasteiger partial charge in [-0.1, -0.05) is 34.1 Å². The highest BCUT2D eigenvalue weighted by molar-refractivity contribution is 9.10. The zero-order valence-electron chi connectivity index (χ0n) is 11.3. The first-order valence-electron chi connectivity index (χ1n) is 6.86. The van der Waals surface area contributed by atoms with Crippen molar-refractivity contribution in [2.75, 3.05) is 13.2 Å². The highest BCUT2D eigenvalue weighted by atomic mass is 79.9. The molecule has 1 aromatic rings. The van der Waals surface area contributed by atoms with Crippen LogP contribution in [0.5, 0.6) is 0 Å². The first-order chi connectivity index (χ1) is 10.1. The fourth-order valence-electron chi connectivity index (χ4n) is 2.48. The number of halogens is 1. The summed E-state index contributed by atoms with van der Waals surface area (Å²) in [5, 5.41) is 3.45. The molecular formula is C15H15BrN2O2S. The summed E-state index contributed by atoms with van der Waals surface area (Å²) in [6.45, 7) is 1.30. The number of rotatable bonds is 3. The van der Waals surface area contributed by atoms with Gasteiger partial charge in [-0.05, 0) is 42.8 Å². The Morgan fingerprint density at radius 1 is 1.48 bits per heavy atom. The Kier molecular flexibility index (Phi) is 4.37. The zero-order chi connectivity index (χ0) is 14.8. The molecule has 2 fully saturated rings. The van der Waals surface area contributed by atoms with Gasteiger partial charge in [0.25, 0.3) is 5.91 Å². The van der Waals surface area contributed by atoms with E-state index in [-0.39, 0.29) is 12.0 Å². The minimum absolute atomic E-state index is 0.0914. The Hall–Kier alpha value is -1.24. The van der Waals surface area contributed by atoms with Crippen LogP contribution in [0.4, 0.5) is 0 Å². The molecule has 0 bridgehead atoms. The number of hydrogen-bond donors (Lipinski definition) is 1. The van der Waals surface area contributed by atoms with E-state index in [2.05, 4.69) is 21.2 Å². The monoisotopic (exact) mass is 366 g/mol. The third-order valence-corrected chi connectivity index (χ3v) is 4.62. The van der Waals surface area contributed by atoms with Gasteiger partial charge >= 0.3 is 0 Å². The molecular weight excluding hydrogens is 352 g/mol. The maximum atomic E-state index is 12.5. The van der Waals surface area contributed by atoms with Gasteiger partial charge in [-0.3, -0.25) is 9.69 Å². The molecule has 0 aromatic heterocycles. The van der Waals surface area contributed by atoms with Crippen LogP contribution in [0.1, 0.15) is 18.4 Å². The Labute approximate surface area is 137 Å². The first kappa shape index (κ1) is 14.7. The van der Waals surface area contributed by atoms with Crippen molar-refractivity contribution in [1.29, 1.82) is 0 Å². The lowest BCUT2D eigenvalue weighted by Gasteiger charge is -2.18. The molecule has 21 heavy (non-hydrogen) atoms. The summed E-state index contributed by atoms with van der Waals surface area (Å²) < 4.78 is 6.52. The van der Waals surface area contributed by atoms with E-state index < -0.39 is 0 Å². The van der Waals surface area contributed by atoms with E-state index in [0.717, 1.165) is 29.5 Å². The van der Waals surface area contributed by atoms with Gasteiger partial charge in [-0.25, -0.2) is 0 Å². The Morgan fingerprint density at radius 3 is 3.00 bits per heavy atom. The predicted octanol–water partition coefficient (Wildman–Crippen LogP) is 2.69. The summed E-state index contributed by atoms with van der Waals surface area (Å²) in [6.07, 6.45) is 3.94. The predicted molar refractivity (Wildman–Crippen MR) is 88.5 cm³/mol. The molecule has 0 spiro atoms. The molecule has 1 amide bonds. The lowest BCUT2D eigenvalue weighted by atomic mass is 10.2. The van der Waals surface area contributed by atoms with Crippen molar-refractivity contribution in [2.24, 2.45) is 0 Å². The molecule has 110 valence electrons. The maximum Gasteiger partial charge on any atom is 0.276 e. The largest absolute Gasteiger partial charge is 0.376 e. The topological polar surface area (TPSA) is 41.6 Å². The van der Waals surface area contributed by atoms with Crippen LogP contribution in [0.25, 0.3) is 6.08 Å². The molecule has 0 aliphatic carbocycles. The van der Waals surface area contributed by atoms with Crippen molar-refractivity contribution in [1.82, 2.24) is 10.2 Å². The number of nitrogens with one attached hydrogen (secondary N) is 1. The molecule has 4 nitrogen and oxygen atoms in total. The SMILES string of the molecule is O=C1/C(=C\c2ccccc2Br)NC(=S)N1CC1CCCO1. The molecule has 0 saturated carbocycles. The lowest BCUT2D eigenvalue weighted by molar-refractivity contribution is -0.123. The Bertz CT molecular complexity index is 611. The van der Waals surface area contributed by atoms with Gasteiger partial charge in [-0.2, -0.15) is 0 Å². The van der Waals surface area contributed by atoms with Crippen LogP contribution < -0.4 is 5.32 Å². The maximum absolute atomic E-state index is 12.5. The molecule has 1 atom stereocenters. The van der Waals surface area contributed by atoms with Crippen LogP contribution in [-0.2, 0) is 9.53 Å². The third kappa shape index (κ3) is 3.17. The highest BCUT2D eigenvalue weighted by Crippen LogP contribution is 2.22. The van der Waals surface area contributed by atoms with Gasteiger partial charge in [0.15, 0.2) is 5.11 Å². The van der Waals surface area contributed by atoms with E-state index in [1.54, 1.807) is 4.90 Å². The molecule has 3 rings (SSSR count). The minimum Gasteiger partial charge on any atom is -0.376 e. The summed E-state index contributed by atoms with van der Waals surface area (Å²) in [5.41, 5.74) is 1.44. The van der Waals surface area contributed by atoms with E-state index in [9.17, 15) is 4.79 Å². The second-order valence-electron chi connectivity index (χ2n) is 5.06. The number of ether oxygens (including phenoxy) is 1. The van der Waals surface area contributed by atoms with Crippen molar-refractivity contribution >= 4 is 45.2 Å². The second-order valence-corrected chi connectivity index (χ2v) is 6.30. The Balaban J connectivity index is 1.78. The summed E-state index contributed by atoms with van der Waals surface area (Å²) in [4.78, 5) is 14.0. The average molecular weight is 367 g/mol. The van der Waals surface area contributed by atoms with Gasteiger partial charge in [0, 0.05) is 11.1 Å². The normalized spacial score (nSPS) is 24.0. The summed E-state index contributed by atoms with van der Waals surface area (Å²) >= 11 is 8.74. The molecule has 2 saturated heterocycles. The van der Waals surface area contributed by atoms with E-state index in [1.165, 1.54) is 0 Å². The number of nitrogens with zero attached hydrogens (tertiary/aromatic N) is 1. The molecule has 0 radical (unpaired) electrons. The molecule has 2 heterocycles. The van der Waals surface area contributed by atoms with Crippen molar-refractivity contribution in [2.45, 2.75) is 18.9 Å². The fraction of sp³-hybridized carbons (Fsp3) is 0.333. The summed E-state index contributed by atoms with van der Waals surface area (Å²) in [6, 6.07) is 7.75. The molecule has 1 unspecified atom stereocenters. The molecule has 1 N–H and O–H groups in total. The van der Waals surface area contributed by atoms with Gasteiger partial charge in [0.05, 0.1) is 12.6 Å². The molecule has 2 aliphatic heterocycles. The number of hydrogen-bond acceptors (Lipinski definition) is 3. The molecule has 6 heteroatoms. The molecule has 1 aromatic carbocycles. The lowest BCUT2D eigenvalue weighted by Crippen LogP contribution is -2.37. The summed E-state index contributed by atoms with van der Waals surface area (Å²) in [7, 11) is 0. The van der Waals surface area contributed by atoms with Crippen molar-refractivity contribution in [3.8, 4) is 0 Å². The van der Waals surface area contributed by atoms with Gasteiger partial charge in [0.2, 0.25) is 0 Å². The van der Waals surface area contributed by atoms with Crippen LogP contribution in [0.3, 0.4) is 0 Å². The number of thiocarbonyl (C=S) groups is 1. The number of benzene rings is 1. The number of carbonyl (C=O) groups excluding carboxylic acids is 1. The minimum atomic E-state index is -0.0914. The molecule has 2 aliphatic rings. The number of carbonyl (C=O) groups is 1. The smallest absolute Gasteiger partial charge is 0.276 e. The van der Waals surface area contributed by atoms with E-state index in [0.29, 0.717) is 17.4 Å².